The van der Waals surface area contributed by atoms with Gasteiger partial charge in [0.1, 0.15) is 11.7 Å². The lowest BCUT2D eigenvalue weighted by Gasteiger charge is -2.35. The maximum atomic E-state index is 12.3. The number of nitrogen functional groups attached to an aromatic ring is 1. The fourth-order valence-corrected chi connectivity index (χ4v) is 3.42. The van der Waals surface area contributed by atoms with Crippen LogP contribution in [0.4, 0.5) is 23.1 Å². The zero-order valence-electron chi connectivity index (χ0n) is 18.3. The number of fused-ring (bicyclic) bond motifs is 1. The first-order valence-corrected chi connectivity index (χ1v) is 10.1. The molecule has 0 bridgehead atoms. The zero-order valence-corrected chi connectivity index (χ0v) is 18.3. The van der Waals surface area contributed by atoms with Gasteiger partial charge in [0, 0.05) is 37.8 Å². The molecule has 1 unspecified atom stereocenters. The molecule has 1 aliphatic heterocycles. The summed E-state index contributed by atoms with van der Waals surface area (Å²) in [5.41, 5.74) is 6.59. The fourth-order valence-electron chi connectivity index (χ4n) is 3.42. The number of H-pyrrole nitrogens is 1. The van der Waals surface area contributed by atoms with Crippen LogP contribution in [0.1, 0.15) is 23.2 Å². The summed E-state index contributed by atoms with van der Waals surface area (Å²) in [6.07, 6.45) is -0.586. The number of rotatable bonds is 9. The topological polar surface area (TPSA) is 234 Å². The molecule has 3 rings (SSSR count). The average molecular weight is 477 g/mol. The van der Waals surface area contributed by atoms with Crippen molar-refractivity contribution in [1.29, 1.82) is 0 Å². The molecule has 2 aromatic rings. The molecule has 0 radical (unpaired) electrons. The molecule has 0 saturated heterocycles. The minimum absolute atomic E-state index is 0. The number of nitrogens with one attached hydrogen (secondary N) is 4. The number of anilines is 4. The van der Waals surface area contributed by atoms with E-state index in [-0.39, 0.29) is 41.4 Å². The molecule has 2 heterocycles. The Balaban J connectivity index is 0.00000408. The number of benzene rings is 1. The standard InChI is InChI=1S/C20H25N7O6.H2O/c1-27-12(9-23-16-15(27)18(31)26-20(21)25-16)8-22-11-4-2-10(3-5-11)17(30)24-13(19(32)33)6-7-14(28)29;/h2-5,12-13,22H,6-9H2,1H3,(H,24,30)(H,28,29)(H,32,33)(H4,21,23,25,26,31);1H2/t12?,13-;/m0./s1. The molecule has 184 valence electrons. The van der Waals surface area contributed by atoms with E-state index in [1.165, 1.54) is 12.1 Å². The summed E-state index contributed by atoms with van der Waals surface area (Å²) >= 11 is 0. The number of hydrogen-bond acceptors (Lipinski definition) is 9. The van der Waals surface area contributed by atoms with Gasteiger partial charge in [-0.05, 0) is 30.7 Å². The lowest BCUT2D eigenvalue weighted by Crippen LogP contribution is -2.48. The van der Waals surface area contributed by atoms with E-state index in [9.17, 15) is 24.3 Å². The van der Waals surface area contributed by atoms with E-state index in [1.807, 2.05) is 4.90 Å². The van der Waals surface area contributed by atoms with E-state index >= 15 is 0 Å². The molecular weight excluding hydrogens is 450 g/mol. The van der Waals surface area contributed by atoms with Crippen LogP contribution in [0, 0.1) is 0 Å². The number of aliphatic carboxylic acids is 2. The van der Waals surface area contributed by atoms with E-state index in [2.05, 4.69) is 25.9 Å². The first-order chi connectivity index (χ1) is 15.7. The highest BCUT2D eigenvalue weighted by Crippen LogP contribution is 2.25. The van der Waals surface area contributed by atoms with Crippen molar-refractivity contribution in [3.63, 3.8) is 0 Å². The summed E-state index contributed by atoms with van der Waals surface area (Å²) in [6.45, 7) is 1.01. The van der Waals surface area contributed by atoms with Crippen LogP contribution in [-0.4, -0.2) is 75.7 Å². The quantitative estimate of drug-likeness (QED) is 0.229. The predicted molar refractivity (Wildman–Crippen MR) is 124 cm³/mol. The molecule has 34 heavy (non-hydrogen) atoms. The number of aromatic amines is 1. The normalized spacial score (nSPS) is 15.2. The number of hydrogen-bond donors (Lipinski definition) is 7. The Morgan fingerprint density at radius 3 is 2.56 bits per heavy atom. The van der Waals surface area contributed by atoms with Crippen molar-refractivity contribution in [3.05, 3.63) is 40.2 Å². The van der Waals surface area contributed by atoms with Gasteiger partial charge < -0.3 is 42.3 Å². The van der Waals surface area contributed by atoms with Gasteiger partial charge >= 0.3 is 11.9 Å². The first-order valence-electron chi connectivity index (χ1n) is 10.1. The van der Waals surface area contributed by atoms with Gasteiger partial charge in [0.05, 0.1) is 6.04 Å². The van der Waals surface area contributed by atoms with Gasteiger partial charge in [-0.15, -0.1) is 0 Å². The van der Waals surface area contributed by atoms with Gasteiger partial charge in [-0.25, -0.2) is 4.79 Å². The molecule has 14 nitrogen and oxygen atoms in total. The minimum Gasteiger partial charge on any atom is -0.481 e. The summed E-state index contributed by atoms with van der Waals surface area (Å²) in [5.74, 6) is -2.59. The summed E-state index contributed by atoms with van der Waals surface area (Å²) in [5, 5.41) is 26.6. The smallest absolute Gasteiger partial charge is 0.326 e. The number of likely N-dealkylation sites (N-methyl/N-ethyl adjacent to an activating group) is 1. The van der Waals surface area contributed by atoms with E-state index in [0.717, 1.165) is 5.69 Å². The maximum Gasteiger partial charge on any atom is 0.326 e. The summed E-state index contributed by atoms with van der Waals surface area (Å²) in [6, 6.07) is 5.03. The van der Waals surface area contributed by atoms with Crippen LogP contribution in [0.2, 0.25) is 0 Å². The second-order valence-electron chi connectivity index (χ2n) is 7.55. The number of nitrogens with zero attached hydrogens (tertiary/aromatic N) is 2. The van der Waals surface area contributed by atoms with Crippen LogP contribution >= 0.6 is 0 Å². The Morgan fingerprint density at radius 1 is 1.26 bits per heavy atom. The van der Waals surface area contributed by atoms with Crippen molar-refractivity contribution in [2.24, 2.45) is 0 Å². The van der Waals surface area contributed by atoms with E-state index in [0.29, 0.717) is 24.6 Å². The summed E-state index contributed by atoms with van der Waals surface area (Å²) < 4.78 is 0. The first kappa shape index (κ1) is 25.9. The number of carboxylic acid groups (broad SMARTS) is 2. The van der Waals surface area contributed by atoms with Crippen molar-refractivity contribution < 1.29 is 30.1 Å². The van der Waals surface area contributed by atoms with E-state index in [1.54, 1.807) is 19.2 Å². The van der Waals surface area contributed by atoms with Crippen LogP contribution in [0.25, 0.3) is 0 Å². The highest BCUT2D eigenvalue weighted by Gasteiger charge is 2.27. The predicted octanol–water partition coefficient (Wildman–Crippen LogP) is -1.08. The molecule has 2 atom stereocenters. The second-order valence-corrected chi connectivity index (χ2v) is 7.55. The van der Waals surface area contributed by atoms with Crippen LogP contribution < -0.4 is 32.1 Å². The highest BCUT2D eigenvalue weighted by molar-refractivity contribution is 5.96. The monoisotopic (exact) mass is 477 g/mol. The summed E-state index contributed by atoms with van der Waals surface area (Å²) in [7, 11) is 1.79. The molecule has 1 aliphatic rings. The van der Waals surface area contributed by atoms with E-state index < -0.39 is 23.9 Å². The van der Waals surface area contributed by atoms with Crippen LogP contribution in [0.3, 0.4) is 0 Å². The number of carboxylic acids is 2. The summed E-state index contributed by atoms with van der Waals surface area (Å²) in [4.78, 5) is 54.9. The number of carbonyl (C=O) groups excluding carboxylic acids is 1. The van der Waals surface area contributed by atoms with Crippen LogP contribution in [-0.2, 0) is 9.59 Å². The van der Waals surface area contributed by atoms with Crippen LogP contribution in [0.5, 0.6) is 0 Å². The number of carbonyl (C=O) groups is 3. The SMILES string of the molecule is CN1c2c(nc(N)[nH]c2=O)NCC1CNc1ccc(C(=O)N[C@@H](CCC(=O)O)C(=O)O)cc1.O. The Kier molecular flexibility index (Phi) is 8.39. The fraction of sp³-hybridized carbons (Fsp3) is 0.350. The molecule has 1 amide bonds. The molecule has 0 fully saturated rings. The lowest BCUT2D eigenvalue weighted by molar-refractivity contribution is -0.140. The molecule has 0 aliphatic carbocycles. The Labute approximate surface area is 193 Å². The number of nitrogens with two attached hydrogens (primary N) is 1. The maximum absolute atomic E-state index is 12.3. The van der Waals surface area contributed by atoms with E-state index in [4.69, 9.17) is 10.8 Å². The van der Waals surface area contributed by atoms with Crippen molar-refractivity contribution in [2.45, 2.75) is 24.9 Å². The third-order valence-corrected chi connectivity index (χ3v) is 5.26. The van der Waals surface area contributed by atoms with Crippen molar-refractivity contribution >= 4 is 41.0 Å². The largest absolute Gasteiger partial charge is 0.481 e. The van der Waals surface area contributed by atoms with Gasteiger partial charge in [-0.3, -0.25) is 19.4 Å². The number of aromatic nitrogens is 2. The van der Waals surface area contributed by atoms with Gasteiger partial charge in [-0.1, -0.05) is 0 Å². The van der Waals surface area contributed by atoms with Crippen molar-refractivity contribution in [1.82, 2.24) is 15.3 Å². The molecule has 1 aromatic carbocycles. The van der Waals surface area contributed by atoms with Crippen molar-refractivity contribution in [3.8, 4) is 0 Å². The third kappa shape index (κ3) is 6.13. The molecular formula is C20H27N7O7. The molecule has 1 aromatic heterocycles. The highest BCUT2D eigenvalue weighted by atomic mass is 16.4. The lowest BCUT2D eigenvalue weighted by atomic mass is 10.1. The third-order valence-electron chi connectivity index (χ3n) is 5.26. The Bertz CT molecular complexity index is 1100. The average Bonchev–Trinajstić information content (AvgIpc) is 2.75. The zero-order chi connectivity index (χ0) is 24.1. The molecule has 14 heteroatoms. The van der Waals surface area contributed by atoms with Crippen LogP contribution in [0.15, 0.2) is 29.1 Å². The second kappa shape index (κ2) is 11.0. The molecule has 0 spiro atoms. The minimum atomic E-state index is -1.30. The number of amides is 1. The van der Waals surface area contributed by atoms with Gasteiger partial charge in [-0.2, -0.15) is 4.98 Å². The van der Waals surface area contributed by atoms with Crippen molar-refractivity contribution in [2.75, 3.05) is 41.4 Å². The van der Waals surface area contributed by atoms with Gasteiger partial charge in [0.15, 0.2) is 5.82 Å². The van der Waals surface area contributed by atoms with Gasteiger partial charge in [0.2, 0.25) is 5.95 Å². The molecule has 10 N–H and O–H groups in total. The Morgan fingerprint density at radius 2 is 1.94 bits per heavy atom. The molecule has 0 saturated carbocycles. The Hall–Kier alpha value is -4.33. The van der Waals surface area contributed by atoms with Gasteiger partial charge in [0.25, 0.3) is 11.5 Å².